The largest absolute Gasteiger partial charge is 0.480 e. The first-order valence-corrected chi connectivity index (χ1v) is 7.20. The molecule has 2 atom stereocenters. The Morgan fingerprint density at radius 3 is 2.95 bits per heavy atom. The fraction of sp³-hybridized carbons (Fsp3) is 0.500. The van der Waals surface area contributed by atoms with Gasteiger partial charge in [0.25, 0.3) is 0 Å². The molecule has 2 rings (SSSR count). The molecule has 1 aliphatic heterocycles. The van der Waals surface area contributed by atoms with Gasteiger partial charge in [-0.2, -0.15) is 5.26 Å². The Bertz CT molecular complexity index is 568. The summed E-state index contributed by atoms with van der Waals surface area (Å²) in [5, 5.41) is 18.3. The normalized spacial score (nSPS) is 22.7. The third-order valence-corrected chi connectivity index (χ3v) is 4.23. The number of carbonyl (C=O) groups is 1. The third-order valence-electron chi connectivity index (χ3n) is 4.23. The number of halogens is 1. The monoisotopic (exact) mass is 290 g/mol. The molecule has 1 aliphatic rings. The van der Waals surface area contributed by atoms with Gasteiger partial charge in [0.2, 0.25) is 0 Å². The van der Waals surface area contributed by atoms with Gasteiger partial charge in [0.05, 0.1) is 11.6 Å². The standard InChI is InChI=1S/C16H19FN2O2/c1-2-11-5-6-19(15(8-11)16(20)21)10-13-7-12(9-18)3-4-14(13)17/h3-4,7,11,15H,2,5-6,8,10H2,1H3,(H,20,21). The molecule has 0 saturated carbocycles. The summed E-state index contributed by atoms with van der Waals surface area (Å²) >= 11 is 0. The van der Waals surface area contributed by atoms with Gasteiger partial charge in [-0.3, -0.25) is 9.69 Å². The van der Waals surface area contributed by atoms with Crippen LogP contribution in [0.4, 0.5) is 4.39 Å². The quantitative estimate of drug-likeness (QED) is 0.926. The lowest BCUT2D eigenvalue weighted by Crippen LogP contribution is -2.46. The zero-order valence-corrected chi connectivity index (χ0v) is 12.1. The Balaban J connectivity index is 2.18. The van der Waals surface area contributed by atoms with Gasteiger partial charge in [-0.05, 0) is 43.5 Å². The van der Waals surface area contributed by atoms with E-state index in [9.17, 15) is 14.3 Å². The second kappa shape index (κ2) is 6.68. The first-order chi connectivity index (χ1) is 10.0. The maximum Gasteiger partial charge on any atom is 0.320 e. The first-order valence-electron chi connectivity index (χ1n) is 7.20. The highest BCUT2D eigenvalue weighted by Crippen LogP contribution is 2.27. The van der Waals surface area contributed by atoms with Crippen molar-refractivity contribution in [1.82, 2.24) is 4.90 Å². The van der Waals surface area contributed by atoms with Crippen LogP contribution in [-0.4, -0.2) is 28.6 Å². The molecule has 0 spiro atoms. The van der Waals surface area contributed by atoms with E-state index >= 15 is 0 Å². The van der Waals surface area contributed by atoms with Crippen LogP contribution in [0.5, 0.6) is 0 Å². The number of carboxylic acids is 1. The number of likely N-dealkylation sites (tertiary alicyclic amines) is 1. The molecule has 5 heteroatoms. The van der Waals surface area contributed by atoms with Crippen molar-refractivity contribution in [2.75, 3.05) is 6.54 Å². The zero-order valence-electron chi connectivity index (χ0n) is 12.1. The van der Waals surface area contributed by atoms with Gasteiger partial charge in [0.15, 0.2) is 0 Å². The number of piperidine rings is 1. The Morgan fingerprint density at radius 2 is 2.33 bits per heavy atom. The predicted octanol–water partition coefficient (Wildman–Crippen LogP) is 2.77. The number of aliphatic carboxylic acids is 1. The SMILES string of the molecule is CCC1CCN(Cc2cc(C#N)ccc2F)C(C(=O)O)C1. The van der Waals surface area contributed by atoms with E-state index < -0.39 is 17.8 Å². The van der Waals surface area contributed by atoms with E-state index in [1.807, 2.05) is 6.07 Å². The third kappa shape index (κ3) is 3.59. The fourth-order valence-corrected chi connectivity index (χ4v) is 2.89. The molecular weight excluding hydrogens is 271 g/mol. The molecule has 1 heterocycles. The Hall–Kier alpha value is -1.93. The van der Waals surface area contributed by atoms with Crippen LogP contribution >= 0.6 is 0 Å². The molecule has 1 aromatic rings. The summed E-state index contributed by atoms with van der Waals surface area (Å²) in [5.41, 5.74) is 0.775. The number of nitriles is 1. The summed E-state index contributed by atoms with van der Waals surface area (Å²) in [6, 6.07) is 5.60. The molecule has 112 valence electrons. The zero-order chi connectivity index (χ0) is 15.4. The Labute approximate surface area is 123 Å². The number of hydrogen-bond donors (Lipinski definition) is 1. The van der Waals surface area contributed by atoms with E-state index in [0.717, 1.165) is 12.8 Å². The molecule has 0 aliphatic carbocycles. The molecule has 0 aromatic heterocycles. The molecule has 0 bridgehead atoms. The van der Waals surface area contributed by atoms with Crippen molar-refractivity contribution in [2.24, 2.45) is 5.92 Å². The van der Waals surface area contributed by atoms with Crippen LogP contribution < -0.4 is 0 Å². The predicted molar refractivity (Wildman–Crippen MR) is 76.0 cm³/mol. The molecule has 4 nitrogen and oxygen atoms in total. The molecule has 1 N–H and O–H groups in total. The molecule has 2 unspecified atom stereocenters. The average Bonchev–Trinajstić information content (AvgIpc) is 2.49. The van der Waals surface area contributed by atoms with Gasteiger partial charge in [-0.15, -0.1) is 0 Å². The minimum atomic E-state index is -0.856. The number of hydrogen-bond acceptors (Lipinski definition) is 3. The van der Waals surface area contributed by atoms with Crippen LogP contribution in [0, 0.1) is 23.1 Å². The van der Waals surface area contributed by atoms with E-state index in [4.69, 9.17) is 5.26 Å². The minimum Gasteiger partial charge on any atom is -0.480 e. The summed E-state index contributed by atoms with van der Waals surface area (Å²) < 4.78 is 13.8. The molecule has 21 heavy (non-hydrogen) atoms. The highest BCUT2D eigenvalue weighted by molar-refractivity contribution is 5.73. The van der Waals surface area contributed by atoms with Gasteiger partial charge < -0.3 is 5.11 Å². The van der Waals surface area contributed by atoms with Crippen molar-refractivity contribution in [3.8, 4) is 6.07 Å². The van der Waals surface area contributed by atoms with Crippen molar-refractivity contribution in [3.63, 3.8) is 0 Å². The van der Waals surface area contributed by atoms with Crippen molar-refractivity contribution in [1.29, 1.82) is 5.26 Å². The number of nitrogens with zero attached hydrogens (tertiary/aromatic N) is 2. The van der Waals surface area contributed by atoms with E-state index in [-0.39, 0.29) is 6.54 Å². The number of rotatable bonds is 4. The van der Waals surface area contributed by atoms with Gasteiger partial charge in [0, 0.05) is 12.1 Å². The summed E-state index contributed by atoms with van der Waals surface area (Å²) in [4.78, 5) is 13.2. The smallest absolute Gasteiger partial charge is 0.320 e. The van der Waals surface area contributed by atoms with Crippen molar-refractivity contribution < 1.29 is 14.3 Å². The van der Waals surface area contributed by atoms with Crippen molar-refractivity contribution >= 4 is 5.97 Å². The second-order valence-electron chi connectivity index (χ2n) is 5.54. The molecule has 1 aromatic carbocycles. The topological polar surface area (TPSA) is 64.3 Å². The van der Waals surface area contributed by atoms with Gasteiger partial charge in [0.1, 0.15) is 11.9 Å². The average molecular weight is 290 g/mol. The second-order valence-corrected chi connectivity index (χ2v) is 5.54. The highest BCUT2D eigenvalue weighted by atomic mass is 19.1. The van der Waals surface area contributed by atoms with Gasteiger partial charge >= 0.3 is 5.97 Å². The fourth-order valence-electron chi connectivity index (χ4n) is 2.89. The summed E-state index contributed by atoms with van der Waals surface area (Å²) in [6.07, 6.45) is 2.50. The van der Waals surface area contributed by atoms with Crippen LogP contribution in [0.1, 0.15) is 37.3 Å². The Morgan fingerprint density at radius 1 is 1.57 bits per heavy atom. The minimum absolute atomic E-state index is 0.231. The molecule has 0 radical (unpaired) electrons. The van der Waals surface area contributed by atoms with Crippen LogP contribution in [0.15, 0.2) is 18.2 Å². The van der Waals surface area contributed by atoms with E-state index in [1.165, 1.54) is 18.2 Å². The molecule has 0 amide bonds. The highest BCUT2D eigenvalue weighted by Gasteiger charge is 2.32. The first kappa shape index (κ1) is 15.5. The number of benzene rings is 1. The van der Waals surface area contributed by atoms with Crippen LogP contribution in [-0.2, 0) is 11.3 Å². The van der Waals surface area contributed by atoms with E-state index in [1.54, 1.807) is 4.90 Å². The van der Waals surface area contributed by atoms with Gasteiger partial charge in [-0.25, -0.2) is 4.39 Å². The van der Waals surface area contributed by atoms with Crippen LogP contribution in [0.25, 0.3) is 0 Å². The molecule has 1 saturated heterocycles. The van der Waals surface area contributed by atoms with E-state index in [2.05, 4.69) is 6.92 Å². The lowest BCUT2D eigenvalue weighted by Gasteiger charge is -2.37. The molecular formula is C16H19FN2O2. The lowest BCUT2D eigenvalue weighted by molar-refractivity contribution is -0.145. The summed E-state index contributed by atoms with van der Waals surface area (Å²) in [5.74, 6) is -0.835. The van der Waals surface area contributed by atoms with E-state index in [0.29, 0.717) is 30.0 Å². The summed E-state index contributed by atoms with van der Waals surface area (Å²) in [7, 11) is 0. The maximum atomic E-state index is 13.8. The van der Waals surface area contributed by atoms with Crippen molar-refractivity contribution in [3.05, 3.63) is 35.1 Å². The maximum absolute atomic E-state index is 13.8. The van der Waals surface area contributed by atoms with Crippen LogP contribution in [0.3, 0.4) is 0 Å². The van der Waals surface area contributed by atoms with Gasteiger partial charge in [-0.1, -0.05) is 13.3 Å². The molecule has 1 fully saturated rings. The summed E-state index contributed by atoms with van der Waals surface area (Å²) in [6.45, 7) is 2.94. The Kier molecular flexibility index (Phi) is 4.92. The van der Waals surface area contributed by atoms with Crippen LogP contribution in [0.2, 0.25) is 0 Å². The lowest BCUT2D eigenvalue weighted by atomic mass is 9.88. The van der Waals surface area contributed by atoms with Crippen molar-refractivity contribution in [2.45, 2.75) is 38.8 Å². The number of carboxylic acid groups (broad SMARTS) is 1.